The van der Waals surface area contributed by atoms with Gasteiger partial charge in [-0.3, -0.25) is 9.59 Å². The van der Waals surface area contributed by atoms with Crippen molar-refractivity contribution in [2.24, 2.45) is 0 Å². The lowest BCUT2D eigenvalue weighted by molar-refractivity contribution is -0.332. The number of aliphatic hydroxyl groups excluding tert-OH is 7. The number of allylic oxidation sites excluding steroid dienone is 8. The first kappa shape index (κ1) is 58.6. The number of hydrogen-bond donors (Lipinski definition) is 7. The molecule has 0 radical (unpaired) electrons. The van der Waals surface area contributed by atoms with Gasteiger partial charge >= 0.3 is 11.9 Å². The molecule has 376 valence electrons. The molecule has 0 saturated carbocycles. The lowest BCUT2D eigenvalue weighted by atomic mass is 9.98. The smallest absolute Gasteiger partial charge is 0.306 e. The third-order valence-electron chi connectivity index (χ3n) is 11.5. The molecule has 7 N–H and O–H groups in total. The van der Waals surface area contributed by atoms with E-state index >= 15 is 0 Å². The Balaban J connectivity index is 1.84. The Morgan fingerprint density at radius 1 is 0.508 bits per heavy atom. The van der Waals surface area contributed by atoms with Crippen LogP contribution in [0.1, 0.15) is 162 Å². The average Bonchev–Trinajstić information content (AvgIpc) is 3.30. The van der Waals surface area contributed by atoms with Crippen molar-refractivity contribution in [2.75, 3.05) is 26.4 Å². The van der Waals surface area contributed by atoms with E-state index in [0.29, 0.717) is 12.8 Å². The maximum atomic E-state index is 13.0. The highest BCUT2D eigenvalue weighted by molar-refractivity contribution is 5.70. The first-order valence-electron chi connectivity index (χ1n) is 24.7. The van der Waals surface area contributed by atoms with Crippen molar-refractivity contribution >= 4 is 11.9 Å². The van der Waals surface area contributed by atoms with E-state index in [1.54, 1.807) is 0 Å². The van der Waals surface area contributed by atoms with E-state index in [0.717, 1.165) is 89.9 Å². The van der Waals surface area contributed by atoms with Crippen molar-refractivity contribution in [3.63, 3.8) is 0 Å². The van der Waals surface area contributed by atoms with Crippen LogP contribution in [-0.4, -0.2) is 142 Å². The summed E-state index contributed by atoms with van der Waals surface area (Å²) in [5, 5.41) is 72.0. The normalized spacial score (nSPS) is 26.8. The van der Waals surface area contributed by atoms with Crippen molar-refractivity contribution in [3.8, 4) is 0 Å². The Morgan fingerprint density at radius 3 is 1.54 bits per heavy atom. The first-order valence-corrected chi connectivity index (χ1v) is 24.7. The molecule has 0 aromatic heterocycles. The largest absolute Gasteiger partial charge is 0.462 e. The van der Waals surface area contributed by atoms with Crippen LogP contribution in [0.2, 0.25) is 0 Å². The number of esters is 2. The molecule has 2 saturated heterocycles. The predicted molar refractivity (Wildman–Crippen MR) is 247 cm³/mol. The standard InChI is InChI=1S/C50H86O15/c1-3-5-7-9-11-13-15-17-19-21-23-25-27-29-31-33-42(53)63-38(35-60-41(52)32-30-28-26-24-22-20-18-16-14-12-10-8-6-4-2)36-61-49-48(59)46(57)44(55)40(65-49)37-62-50-47(58)45(56)43(54)39(34-51)64-50/h5,7,11,13,16-19,38-40,43-51,54-59H,3-4,6,8-10,12,14-15,20-37H2,1-2H3/b7-5-,13-11-,18-16-,19-17-. The molecule has 2 rings (SSSR count). The Bertz CT molecular complexity index is 1320. The molecule has 0 amide bonds. The van der Waals surface area contributed by atoms with E-state index in [4.69, 9.17) is 28.4 Å². The third-order valence-corrected chi connectivity index (χ3v) is 11.5. The number of carbonyl (C=O) groups is 2. The van der Waals surface area contributed by atoms with Gasteiger partial charge in [-0.15, -0.1) is 0 Å². The van der Waals surface area contributed by atoms with Crippen molar-refractivity contribution in [1.29, 1.82) is 0 Å². The molecule has 0 aromatic rings. The number of hydrogen-bond acceptors (Lipinski definition) is 15. The maximum Gasteiger partial charge on any atom is 0.306 e. The summed E-state index contributed by atoms with van der Waals surface area (Å²) >= 11 is 0. The second kappa shape index (κ2) is 37.4. The van der Waals surface area contributed by atoms with Crippen LogP contribution in [0, 0.1) is 0 Å². The van der Waals surface area contributed by atoms with Crippen molar-refractivity contribution in [2.45, 2.75) is 229 Å². The summed E-state index contributed by atoms with van der Waals surface area (Å²) in [5.74, 6) is -0.957. The fraction of sp³-hybridized carbons (Fsp3) is 0.800. The summed E-state index contributed by atoms with van der Waals surface area (Å²) < 4.78 is 33.5. The van der Waals surface area contributed by atoms with Crippen LogP contribution in [0.25, 0.3) is 0 Å². The molecule has 2 fully saturated rings. The second-order valence-electron chi connectivity index (χ2n) is 17.3. The van der Waals surface area contributed by atoms with E-state index in [1.807, 2.05) is 0 Å². The van der Waals surface area contributed by atoms with E-state index < -0.39 is 99.3 Å². The minimum atomic E-state index is -1.77. The second-order valence-corrected chi connectivity index (χ2v) is 17.3. The minimum absolute atomic E-state index is 0.143. The van der Waals surface area contributed by atoms with Crippen LogP contribution in [0.5, 0.6) is 0 Å². The molecule has 11 unspecified atom stereocenters. The van der Waals surface area contributed by atoms with Gasteiger partial charge in [0.25, 0.3) is 0 Å². The van der Waals surface area contributed by atoms with Crippen LogP contribution in [0.3, 0.4) is 0 Å². The summed E-state index contributed by atoms with van der Waals surface area (Å²) in [6.45, 7) is 2.43. The summed E-state index contributed by atoms with van der Waals surface area (Å²) in [6, 6.07) is 0. The van der Waals surface area contributed by atoms with Gasteiger partial charge in [0.15, 0.2) is 18.7 Å². The summed E-state index contributed by atoms with van der Waals surface area (Å²) in [7, 11) is 0. The van der Waals surface area contributed by atoms with Crippen molar-refractivity contribution in [3.05, 3.63) is 48.6 Å². The van der Waals surface area contributed by atoms with Gasteiger partial charge in [0.05, 0.1) is 19.8 Å². The van der Waals surface area contributed by atoms with Gasteiger partial charge < -0.3 is 64.2 Å². The minimum Gasteiger partial charge on any atom is -0.462 e. The Kier molecular flexibility index (Phi) is 33.7. The molecule has 65 heavy (non-hydrogen) atoms. The fourth-order valence-corrected chi connectivity index (χ4v) is 7.46. The molecule has 0 bridgehead atoms. The molecule has 2 aliphatic rings. The molecular weight excluding hydrogens is 841 g/mol. The lowest BCUT2D eigenvalue weighted by Crippen LogP contribution is -2.61. The quantitative estimate of drug-likeness (QED) is 0.0205. The van der Waals surface area contributed by atoms with Gasteiger partial charge in [0, 0.05) is 12.8 Å². The monoisotopic (exact) mass is 927 g/mol. The van der Waals surface area contributed by atoms with Crippen molar-refractivity contribution < 1.29 is 73.8 Å². The Hall–Kier alpha value is -2.54. The van der Waals surface area contributed by atoms with E-state index in [1.165, 1.54) is 32.1 Å². The van der Waals surface area contributed by atoms with E-state index in [2.05, 4.69) is 62.5 Å². The van der Waals surface area contributed by atoms with Gasteiger partial charge in [-0.05, 0) is 70.6 Å². The van der Waals surface area contributed by atoms with Gasteiger partial charge in [0.1, 0.15) is 55.4 Å². The first-order chi connectivity index (χ1) is 31.5. The molecule has 0 spiro atoms. The van der Waals surface area contributed by atoms with Crippen LogP contribution in [0.15, 0.2) is 48.6 Å². The summed E-state index contributed by atoms with van der Waals surface area (Å²) in [4.78, 5) is 25.7. The van der Waals surface area contributed by atoms with Gasteiger partial charge in [0.2, 0.25) is 0 Å². The molecule has 0 aliphatic carbocycles. The topological polar surface area (TPSA) is 231 Å². The van der Waals surface area contributed by atoms with Gasteiger partial charge in [-0.25, -0.2) is 0 Å². The molecular formula is C50H86O15. The number of ether oxygens (including phenoxy) is 6. The highest BCUT2D eigenvalue weighted by Gasteiger charge is 2.47. The van der Waals surface area contributed by atoms with Crippen LogP contribution in [-0.2, 0) is 38.0 Å². The van der Waals surface area contributed by atoms with E-state index in [-0.39, 0.29) is 19.4 Å². The predicted octanol–water partition coefficient (Wildman–Crippen LogP) is 6.32. The van der Waals surface area contributed by atoms with Crippen LogP contribution < -0.4 is 0 Å². The third kappa shape index (κ3) is 26.0. The number of unbranched alkanes of at least 4 members (excludes halogenated alkanes) is 15. The number of aliphatic hydroxyl groups is 7. The summed E-state index contributed by atoms with van der Waals surface area (Å²) in [6.07, 6.45) is 22.8. The molecule has 15 nitrogen and oxygen atoms in total. The highest BCUT2D eigenvalue weighted by Crippen LogP contribution is 2.26. The zero-order valence-corrected chi connectivity index (χ0v) is 39.5. The zero-order valence-electron chi connectivity index (χ0n) is 39.5. The maximum absolute atomic E-state index is 13.0. The van der Waals surface area contributed by atoms with E-state index in [9.17, 15) is 45.3 Å². The van der Waals surface area contributed by atoms with Crippen molar-refractivity contribution in [1.82, 2.24) is 0 Å². The number of carbonyl (C=O) groups excluding carboxylic acids is 2. The Morgan fingerprint density at radius 2 is 0.969 bits per heavy atom. The summed E-state index contributed by atoms with van der Waals surface area (Å²) in [5.41, 5.74) is 0. The zero-order chi connectivity index (χ0) is 47.5. The highest BCUT2D eigenvalue weighted by atomic mass is 16.7. The lowest BCUT2D eigenvalue weighted by Gasteiger charge is -2.42. The molecule has 2 aliphatic heterocycles. The molecule has 15 heteroatoms. The average molecular weight is 927 g/mol. The fourth-order valence-electron chi connectivity index (χ4n) is 7.46. The molecule has 2 heterocycles. The van der Waals surface area contributed by atoms with Crippen LogP contribution >= 0.6 is 0 Å². The van der Waals surface area contributed by atoms with Gasteiger partial charge in [-0.1, -0.05) is 127 Å². The number of rotatable bonds is 37. The van der Waals surface area contributed by atoms with Crippen LogP contribution in [0.4, 0.5) is 0 Å². The SMILES string of the molecule is CC/C=C\C/C=C\C/C=C\CCCCCCCC(=O)OC(COC(=O)CCCCCCC/C=C\CCCCCCC)COC1OC(COC2OC(CO)C(O)C(O)C2O)C(O)C(O)C1O. The Labute approximate surface area is 388 Å². The molecule has 0 aromatic carbocycles. The molecule has 11 atom stereocenters. The van der Waals surface area contributed by atoms with Gasteiger partial charge in [-0.2, -0.15) is 0 Å².